The number of hydrogen-bond acceptors (Lipinski definition) is 3. The first-order chi connectivity index (χ1) is 12.6. The van der Waals surface area contributed by atoms with Crippen LogP contribution in [0.1, 0.15) is 35.6 Å². The molecule has 0 saturated carbocycles. The number of carbonyl (C=O) groups excluding carboxylic acids is 1. The van der Waals surface area contributed by atoms with Gasteiger partial charge < -0.3 is 15.4 Å². The fraction of sp³-hybridized carbons (Fsp3) is 0.381. The molecule has 2 aliphatic heterocycles. The molecule has 1 amide bonds. The van der Waals surface area contributed by atoms with Crippen molar-refractivity contribution in [3.05, 3.63) is 71.0 Å². The first kappa shape index (κ1) is 17.2. The van der Waals surface area contributed by atoms with Crippen LogP contribution in [0.3, 0.4) is 0 Å². The number of rotatable bonds is 2. The molecule has 0 radical (unpaired) electrons. The third kappa shape index (κ3) is 3.24. The van der Waals surface area contributed by atoms with Gasteiger partial charge in [0.25, 0.3) is 5.91 Å². The predicted molar refractivity (Wildman–Crippen MR) is 97.1 cm³/mol. The van der Waals surface area contributed by atoms with Crippen molar-refractivity contribution in [2.24, 2.45) is 5.73 Å². The van der Waals surface area contributed by atoms with Crippen molar-refractivity contribution in [2.75, 3.05) is 13.2 Å². The minimum atomic E-state index is -0.494. The maximum atomic E-state index is 13.4. The second-order valence-electron chi connectivity index (χ2n) is 7.08. The average Bonchev–Trinajstić information content (AvgIpc) is 2.67. The van der Waals surface area contributed by atoms with Crippen LogP contribution in [0.4, 0.5) is 4.39 Å². The Bertz CT molecular complexity index is 793. The molecule has 2 aromatic rings. The summed E-state index contributed by atoms with van der Waals surface area (Å²) in [5.41, 5.74) is 9.27. The van der Waals surface area contributed by atoms with Gasteiger partial charge in [-0.1, -0.05) is 36.4 Å². The fourth-order valence-electron chi connectivity index (χ4n) is 3.99. The summed E-state index contributed by atoms with van der Waals surface area (Å²) < 4.78 is 19.1. The number of amides is 1. The average molecular weight is 354 g/mol. The maximum absolute atomic E-state index is 13.4. The van der Waals surface area contributed by atoms with Crippen LogP contribution < -0.4 is 5.73 Å². The highest BCUT2D eigenvalue weighted by molar-refractivity contribution is 5.82. The molecular weight excluding hydrogens is 331 g/mol. The SMILES string of the molecule is NC1CCOC(C(=O)N2CCc3ccccc3[C@@H]2c2ccc(F)cc2)C1. The number of ether oxygens (including phenoxy) is 1. The van der Waals surface area contributed by atoms with Crippen molar-refractivity contribution in [1.29, 1.82) is 0 Å². The van der Waals surface area contributed by atoms with Crippen LogP contribution in [0, 0.1) is 5.82 Å². The van der Waals surface area contributed by atoms with Crippen molar-refractivity contribution >= 4 is 5.91 Å². The predicted octanol–water partition coefficient (Wildman–Crippen LogP) is 2.81. The Labute approximate surface area is 152 Å². The molecule has 0 aliphatic carbocycles. The van der Waals surface area contributed by atoms with E-state index in [1.807, 2.05) is 17.0 Å². The smallest absolute Gasteiger partial charge is 0.252 e. The Balaban J connectivity index is 1.71. The van der Waals surface area contributed by atoms with Gasteiger partial charge in [-0.2, -0.15) is 0 Å². The molecule has 0 aromatic heterocycles. The van der Waals surface area contributed by atoms with E-state index in [1.165, 1.54) is 17.7 Å². The quantitative estimate of drug-likeness (QED) is 0.902. The summed E-state index contributed by atoms with van der Waals surface area (Å²) >= 11 is 0. The summed E-state index contributed by atoms with van der Waals surface area (Å²) in [6.07, 6.45) is 1.64. The normalized spacial score (nSPS) is 25.6. The van der Waals surface area contributed by atoms with Crippen molar-refractivity contribution in [3.63, 3.8) is 0 Å². The van der Waals surface area contributed by atoms with Crippen molar-refractivity contribution in [1.82, 2.24) is 4.90 Å². The molecule has 4 nitrogen and oxygen atoms in total. The maximum Gasteiger partial charge on any atom is 0.252 e. The summed E-state index contributed by atoms with van der Waals surface area (Å²) in [5.74, 6) is -0.304. The minimum absolute atomic E-state index is 0.000882. The lowest BCUT2D eigenvalue weighted by Gasteiger charge is -2.40. The van der Waals surface area contributed by atoms with Crippen LogP contribution in [0.15, 0.2) is 48.5 Å². The summed E-state index contributed by atoms with van der Waals surface area (Å²) in [7, 11) is 0. The molecule has 0 spiro atoms. The second-order valence-corrected chi connectivity index (χ2v) is 7.08. The molecule has 136 valence electrons. The van der Waals surface area contributed by atoms with Crippen molar-refractivity contribution in [2.45, 2.75) is 37.5 Å². The van der Waals surface area contributed by atoms with Gasteiger partial charge in [-0.25, -0.2) is 4.39 Å². The monoisotopic (exact) mass is 354 g/mol. The van der Waals surface area contributed by atoms with E-state index in [2.05, 4.69) is 12.1 Å². The Hall–Kier alpha value is -2.24. The number of nitrogens with zero attached hydrogens (tertiary/aromatic N) is 1. The second kappa shape index (κ2) is 7.17. The topological polar surface area (TPSA) is 55.6 Å². The van der Waals surface area contributed by atoms with E-state index in [-0.39, 0.29) is 23.8 Å². The Kier molecular flexibility index (Phi) is 4.74. The highest BCUT2D eigenvalue weighted by Crippen LogP contribution is 2.36. The third-order valence-electron chi connectivity index (χ3n) is 5.35. The molecule has 2 aliphatic rings. The molecule has 5 heteroatoms. The zero-order valence-electron chi connectivity index (χ0n) is 14.6. The van der Waals surface area contributed by atoms with E-state index in [0.717, 1.165) is 24.0 Å². The van der Waals surface area contributed by atoms with Crippen LogP contribution in [0.25, 0.3) is 0 Å². The first-order valence-electron chi connectivity index (χ1n) is 9.14. The third-order valence-corrected chi connectivity index (χ3v) is 5.35. The van der Waals surface area contributed by atoms with E-state index < -0.39 is 6.10 Å². The van der Waals surface area contributed by atoms with Gasteiger partial charge in [-0.3, -0.25) is 4.79 Å². The zero-order chi connectivity index (χ0) is 18.1. The van der Waals surface area contributed by atoms with Gasteiger partial charge in [-0.05, 0) is 48.1 Å². The van der Waals surface area contributed by atoms with Gasteiger partial charge in [0.1, 0.15) is 11.9 Å². The summed E-state index contributed by atoms with van der Waals surface area (Å²) in [6.45, 7) is 1.14. The lowest BCUT2D eigenvalue weighted by Crippen LogP contribution is -2.49. The minimum Gasteiger partial charge on any atom is -0.368 e. The number of benzene rings is 2. The van der Waals surface area contributed by atoms with Crippen LogP contribution in [-0.2, 0) is 16.0 Å². The molecule has 4 rings (SSSR count). The highest BCUT2D eigenvalue weighted by atomic mass is 19.1. The standard InChI is InChI=1S/C21H23FN2O2/c22-16-7-5-15(6-8-16)20-18-4-2-1-3-14(18)9-11-24(20)21(25)19-13-17(23)10-12-26-19/h1-8,17,19-20H,9-13,23H2/t17?,19?,20-/m0/s1. The van der Waals surface area contributed by atoms with E-state index >= 15 is 0 Å². The van der Waals surface area contributed by atoms with E-state index in [1.54, 1.807) is 12.1 Å². The molecule has 3 atom stereocenters. The van der Waals surface area contributed by atoms with Crippen LogP contribution in [0.2, 0.25) is 0 Å². The molecule has 1 fully saturated rings. The lowest BCUT2D eigenvalue weighted by atomic mass is 9.87. The van der Waals surface area contributed by atoms with Crippen LogP contribution in [-0.4, -0.2) is 36.1 Å². The van der Waals surface area contributed by atoms with E-state index in [4.69, 9.17) is 10.5 Å². The van der Waals surface area contributed by atoms with Gasteiger partial charge in [0.05, 0.1) is 6.04 Å². The van der Waals surface area contributed by atoms with Crippen LogP contribution in [0.5, 0.6) is 0 Å². The molecule has 2 aromatic carbocycles. The molecule has 2 heterocycles. The number of halogens is 1. The molecule has 1 saturated heterocycles. The molecule has 26 heavy (non-hydrogen) atoms. The van der Waals surface area contributed by atoms with E-state index in [9.17, 15) is 9.18 Å². The fourth-order valence-corrected chi connectivity index (χ4v) is 3.99. The Morgan fingerprint density at radius 1 is 1.15 bits per heavy atom. The van der Waals surface area contributed by atoms with E-state index in [0.29, 0.717) is 19.6 Å². The summed E-state index contributed by atoms with van der Waals surface area (Å²) in [5, 5.41) is 0. The molecular formula is C21H23FN2O2. The van der Waals surface area contributed by atoms with Gasteiger partial charge >= 0.3 is 0 Å². The Morgan fingerprint density at radius 3 is 2.69 bits per heavy atom. The lowest BCUT2D eigenvalue weighted by molar-refractivity contribution is -0.149. The highest BCUT2D eigenvalue weighted by Gasteiger charge is 2.37. The zero-order valence-corrected chi connectivity index (χ0v) is 14.6. The largest absolute Gasteiger partial charge is 0.368 e. The van der Waals surface area contributed by atoms with Crippen molar-refractivity contribution < 1.29 is 13.9 Å². The molecule has 0 bridgehead atoms. The molecule has 2 N–H and O–H groups in total. The first-order valence-corrected chi connectivity index (χ1v) is 9.14. The van der Waals surface area contributed by atoms with Crippen molar-refractivity contribution in [3.8, 4) is 0 Å². The molecule has 2 unspecified atom stereocenters. The van der Waals surface area contributed by atoms with Gasteiger partial charge in [0.2, 0.25) is 0 Å². The number of carbonyl (C=O) groups is 1. The number of nitrogens with two attached hydrogens (primary N) is 1. The van der Waals surface area contributed by atoms with Gasteiger partial charge in [0, 0.05) is 19.2 Å². The number of fused-ring (bicyclic) bond motifs is 1. The van der Waals surface area contributed by atoms with Gasteiger partial charge in [-0.15, -0.1) is 0 Å². The van der Waals surface area contributed by atoms with Gasteiger partial charge in [0.15, 0.2) is 0 Å². The number of hydrogen-bond donors (Lipinski definition) is 1. The summed E-state index contributed by atoms with van der Waals surface area (Å²) in [6, 6.07) is 14.3. The summed E-state index contributed by atoms with van der Waals surface area (Å²) in [4.78, 5) is 15.1. The Morgan fingerprint density at radius 2 is 1.92 bits per heavy atom. The van der Waals surface area contributed by atoms with Crippen LogP contribution >= 0.6 is 0 Å².